The molecule has 3 aromatic rings. The van der Waals surface area contributed by atoms with Gasteiger partial charge in [0.15, 0.2) is 0 Å². The van der Waals surface area contributed by atoms with Crippen LogP contribution in [0, 0.1) is 0 Å². The second-order valence-corrected chi connectivity index (χ2v) is 10.1. The average Bonchev–Trinajstić information content (AvgIpc) is 3.31. The van der Waals surface area contributed by atoms with Crippen LogP contribution in [0.4, 0.5) is 0 Å². The van der Waals surface area contributed by atoms with E-state index in [2.05, 4.69) is 59.3 Å². The van der Waals surface area contributed by atoms with Gasteiger partial charge in [0.2, 0.25) is 17.7 Å². The van der Waals surface area contributed by atoms with Crippen LogP contribution in [0.5, 0.6) is 0 Å². The number of benzene rings is 3. The van der Waals surface area contributed by atoms with Gasteiger partial charge in [0.1, 0.15) is 0 Å². The first-order valence-electron chi connectivity index (χ1n) is 13.3. The van der Waals surface area contributed by atoms with Crippen LogP contribution in [0.2, 0.25) is 5.02 Å². The van der Waals surface area contributed by atoms with E-state index >= 15 is 0 Å². The number of nitrogens with one attached hydrogen (secondary N) is 3. The number of rotatable bonds is 7. The van der Waals surface area contributed by atoms with Crippen molar-refractivity contribution in [3.05, 3.63) is 106 Å². The lowest BCUT2D eigenvalue weighted by atomic mass is 10.0. The standard InChI is InChI=1S/C11H13NO.C11H15NO.C10H12ClNO/c1-8(13)12-11-6-9-4-2-3-5-10(9)7-11;1-9(8-12-10(2)13)11-6-4-3-5-7-11;1-8(13)12-7-6-9-2-4-10(11)5-3-9/h2-5,11H,6-7H2,1H3,(H,12,13);3-7,9H,8H2,1-2H3,(H,12,13);2-5H,6-7H2,1H3,(H,12,13). The molecule has 3 amide bonds. The highest BCUT2D eigenvalue weighted by molar-refractivity contribution is 6.30. The average molecular weight is 550 g/mol. The Kier molecular flexibility index (Phi) is 13.8. The molecule has 0 fully saturated rings. The minimum absolute atomic E-state index is 0.00830. The fraction of sp³-hybridized carbons (Fsp3) is 0.344. The zero-order chi connectivity index (χ0) is 28.6. The number of carbonyl (C=O) groups excluding carboxylic acids is 3. The molecule has 6 nitrogen and oxygen atoms in total. The molecular weight excluding hydrogens is 510 g/mol. The van der Waals surface area contributed by atoms with Gasteiger partial charge in [-0.15, -0.1) is 0 Å². The quantitative estimate of drug-likeness (QED) is 0.377. The molecule has 7 heteroatoms. The van der Waals surface area contributed by atoms with Gasteiger partial charge in [-0.05, 0) is 59.6 Å². The molecule has 0 aliphatic heterocycles. The van der Waals surface area contributed by atoms with E-state index < -0.39 is 0 Å². The Morgan fingerprint density at radius 2 is 1.31 bits per heavy atom. The summed E-state index contributed by atoms with van der Waals surface area (Å²) in [6, 6.07) is 26.5. The smallest absolute Gasteiger partial charge is 0.217 e. The van der Waals surface area contributed by atoms with E-state index in [1.165, 1.54) is 36.1 Å². The number of hydrogen-bond donors (Lipinski definition) is 3. The molecule has 3 N–H and O–H groups in total. The van der Waals surface area contributed by atoms with Crippen molar-refractivity contribution in [2.24, 2.45) is 0 Å². The van der Waals surface area contributed by atoms with Gasteiger partial charge in [0.25, 0.3) is 0 Å². The summed E-state index contributed by atoms with van der Waals surface area (Å²) >= 11 is 5.73. The van der Waals surface area contributed by atoms with Crippen molar-refractivity contribution in [2.45, 2.75) is 58.9 Å². The van der Waals surface area contributed by atoms with Crippen LogP contribution in [-0.2, 0) is 33.6 Å². The Bertz CT molecular complexity index is 1160. The van der Waals surface area contributed by atoms with Crippen LogP contribution in [0.3, 0.4) is 0 Å². The molecule has 39 heavy (non-hydrogen) atoms. The number of hydrogen-bond acceptors (Lipinski definition) is 3. The van der Waals surface area contributed by atoms with Gasteiger partial charge < -0.3 is 16.0 Å². The molecule has 0 saturated heterocycles. The minimum Gasteiger partial charge on any atom is -0.356 e. The second kappa shape index (κ2) is 17.0. The normalized spacial score (nSPS) is 12.4. The van der Waals surface area contributed by atoms with Crippen molar-refractivity contribution >= 4 is 29.3 Å². The van der Waals surface area contributed by atoms with Crippen molar-refractivity contribution < 1.29 is 14.4 Å². The van der Waals surface area contributed by atoms with Gasteiger partial charge >= 0.3 is 0 Å². The van der Waals surface area contributed by atoms with Gasteiger partial charge in [0.05, 0.1) is 0 Å². The third-order valence-corrected chi connectivity index (χ3v) is 6.44. The summed E-state index contributed by atoms with van der Waals surface area (Å²) in [6.45, 7) is 8.12. The van der Waals surface area contributed by atoms with Crippen molar-refractivity contribution in [1.29, 1.82) is 0 Å². The van der Waals surface area contributed by atoms with Crippen LogP contribution in [0.15, 0.2) is 78.9 Å². The van der Waals surface area contributed by atoms with Gasteiger partial charge in [0, 0.05) is 44.9 Å². The van der Waals surface area contributed by atoms with E-state index in [1.807, 2.05) is 42.5 Å². The fourth-order valence-corrected chi connectivity index (χ4v) is 4.30. The molecule has 0 radical (unpaired) electrons. The Morgan fingerprint density at radius 1 is 0.769 bits per heavy atom. The lowest BCUT2D eigenvalue weighted by molar-refractivity contribution is -0.120. The van der Waals surface area contributed by atoms with Crippen molar-refractivity contribution in [3.63, 3.8) is 0 Å². The van der Waals surface area contributed by atoms with Crippen LogP contribution < -0.4 is 16.0 Å². The molecule has 0 spiro atoms. The molecule has 208 valence electrons. The summed E-state index contributed by atoms with van der Waals surface area (Å²) in [7, 11) is 0. The maximum absolute atomic E-state index is 10.8. The van der Waals surface area contributed by atoms with E-state index in [9.17, 15) is 14.4 Å². The highest BCUT2D eigenvalue weighted by Crippen LogP contribution is 2.21. The maximum Gasteiger partial charge on any atom is 0.217 e. The van der Waals surface area contributed by atoms with E-state index in [1.54, 1.807) is 6.92 Å². The lowest BCUT2D eigenvalue weighted by Crippen LogP contribution is -2.33. The first kappa shape index (κ1) is 31.6. The maximum atomic E-state index is 10.8. The number of amides is 3. The van der Waals surface area contributed by atoms with Gasteiger partial charge in [-0.25, -0.2) is 0 Å². The third-order valence-electron chi connectivity index (χ3n) is 6.19. The van der Waals surface area contributed by atoms with Crippen molar-refractivity contribution in [1.82, 2.24) is 16.0 Å². The van der Waals surface area contributed by atoms with Gasteiger partial charge in [-0.2, -0.15) is 0 Å². The molecule has 0 aromatic heterocycles. The van der Waals surface area contributed by atoms with Gasteiger partial charge in [-0.1, -0.05) is 85.3 Å². The molecule has 0 bridgehead atoms. The highest BCUT2D eigenvalue weighted by atomic mass is 35.5. The Labute approximate surface area is 237 Å². The topological polar surface area (TPSA) is 87.3 Å². The number of halogens is 1. The summed E-state index contributed by atoms with van der Waals surface area (Å²) in [4.78, 5) is 32.1. The van der Waals surface area contributed by atoms with Crippen LogP contribution in [0.1, 0.15) is 55.9 Å². The second-order valence-electron chi connectivity index (χ2n) is 9.68. The predicted molar refractivity (Wildman–Crippen MR) is 159 cm³/mol. The van der Waals surface area contributed by atoms with E-state index in [4.69, 9.17) is 11.6 Å². The molecule has 4 rings (SSSR count). The SMILES string of the molecule is CC(=O)NC1Cc2ccccc2C1.CC(=O)NCC(C)c1ccccc1.CC(=O)NCCc1ccc(Cl)cc1. The molecule has 1 aliphatic rings. The van der Waals surface area contributed by atoms with Crippen molar-refractivity contribution in [2.75, 3.05) is 13.1 Å². The van der Waals surface area contributed by atoms with Gasteiger partial charge in [-0.3, -0.25) is 14.4 Å². The fourth-order valence-electron chi connectivity index (χ4n) is 4.18. The summed E-state index contributed by atoms with van der Waals surface area (Å²) in [5.41, 5.74) is 5.19. The molecule has 1 atom stereocenters. The Hall–Kier alpha value is -3.64. The number of carbonyl (C=O) groups is 3. The molecular formula is C32H40ClN3O3. The monoisotopic (exact) mass is 549 g/mol. The van der Waals surface area contributed by atoms with Crippen LogP contribution in [0.25, 0.3) is 0 Å². The van der Waals surface area contributed by atoms with E-state index in [0.717, 1.165) is 24.3 Å². The molecule has 1 unspecified atom stereocenters. The third kappa shape index (κ3) is 13.1. The first-order chi connectivity index (χ1) is 18.6. The summed E-state index contributed by atoms with van der Waals surface area (Å²) in [5.74, 6) is 0.486. The lowest BCUT2D eigenvalue weighted by Gasteiger charge is -2.11. The highest BCUT2D eigenvalue weighted by Gasteiger charge is 2.20. The zero-order valence-corrected chi connectivity index (χ0v) is 24.1. The Balaban J connectivity index is 0.000000205. The summed E-state index contributed by atoms with van der Waals surface area (Å²) in [6.07, 6.45) is 2.81. The summed E-state index contributed by atoms with van der Waals surface area (Å²) < 4.78 is 0. The zero-order valence-electron chi connectivity index (χ0n) is 23.3. The molecule has 1 aliphatic carbocycles. The minimum atomic E-state index is 0.00830. The van der Waals surface area contributed by atoms with Crippen LogP contribution >= 0.6 is 11.6 Å². The number of fused-ring (bicyclic) bond motifs is 1. The largest absolute Gasteiger partial charge is 0.356 e. The predicted octanol–water partition coefficient (Wildman–Crippen LogP) is 5.23. The van der Waals surface area contributed by atoms with E-state index in [0.29, 0.717) is 25.0 Å². The van der Waals surface area contributed by atoms with Crippen molar-refractivity contribution in [3.8, 4) is 0 Å². The first-order valence-corrected chi connectivity index (χ1v) is 13.6. The molecule has 0 saturated carbocycles. The van der Waals surface area contributed by atoms with E-state index in [-0.39, 0.29) is 17.7 Å². The molecule has 3 aromatic carbocycles. The molecule has 0 heterocycles. The Morgan fingerprint density at radius 3 is 1.82 bits per heavy atom. The summed E-state index contributed by atoms with van der Waals surface area (Å²) in [5, 5.41) is 9.23. The van der Waals surface area contributed by atoms with Crippen LogP contribution in [-0.4, -0.2) is 36.9 Å².